The first-order valence-electron chi connectivity index (χ1n) is 11.4. The van der Waals surface area contributed by atoms with Crippen LogP contribution in [0.4, 0.5) is 4.39 Å². The van der Waals surface area contributed by atoms with Crippen LogP contribution in [-0.4, -0.2) is 58.9 Å². The molecule has 0 aliphatic carbocycles. The molecule has 1 N–H and O–H groups in total. The predicted octanol–water partition coefficient (Wildman–Crippen LogP) is 3.91. The minimum atomic E-state index is -0.787. The van der Waals surface area contributed by atoms with Crippen LogP contribution in [0.25, 0.3) is 5.76 Å². The van der Waals surface area contributed by atoms with Gasteiger partial charge in [0.2, 0.25) is 0 Å². The van der Waals surface area contributed by atoms with Crippen LogP contribution < -0.4 is 4.74 Å². The summed E-state index contributed by atoms with van der Waals surface area (Å²) in [5.41, 5.74) is 2.01. The Morgan fingerprint density at radius 2 is 1.85 bits per heavy atom. The summed E-state index contributed by atoms with van der Waals surface area (Å²) in [7, 11) is 0. The Labute approximate surface area is 193 Å². The van der Waals surface area contributed by atoms with Gasteiger partial charge in [-0.2, -0.15) is 0 Å². The molecule has 4 rings (SSSR count). The smallest absolute Gasteiger partial charge is 0.295 e. The van der Waals surface area contributed by atoms with Gasteiger partial charge < -0.3 is 19.6 Å². The summed E-state index contributed by atoms with van der Waals surface area (Å²) in [6.45, 7) is 8.58. The molecule has 0 radical (unpaired) electrons. The van der Waals surface area contributed by atoms with E-state index in [2.05, 4.69) is 4.90 Å². The van der Waals surface area contributed by atoms with E-state index in [1.807, 2.05) is 20.8 Å². The summed E-state index contributed by atoms with van der Waals surface area (Å²) in [4.78, 5) is 29.8. The van der Waals surface area contributed by atoms with Gasteiger partial charge in [-0.15, -0.1) is 0 Å². The van der Waals surface area contributed by atoms with Crippen LogP contribution in [0.3, 0.4) is 0 Å². The van der Waals surface area contributed by atoms with Crippen molar-refractivity contribution in [1.29, 1.82) is 0 Å². The number of Topliss-reactive ketones (excluding diaryl/α,β-unsaturated/α-hetero) is 1. The number of hydrogen-bond donors (Lipinski definition) is 1. The number of aliphatic hydroxyl groups excluding tert-OH is 1. The second-order valence-corrected chi connectivity index (χ2v) is 8.53. The molecule has 174 valence electrons. The van der Waals surface area contributed by atoms with E-state index in [0.29, 0.717) is 30.6 Å². The van der Waals surface area contributed by atoms with Gasteiger partial charge in [0.05, 0.1) is 11.6 Å². The van der Waals surface area contributed by atoms with E-state index in [4.69, 9.17) is 4.74 Å². The zero-order valence-corrected chi connectivity index (χ0v) is 19.2. The molecule has 0 spiro atoms. The van der Waals surface area contributed by atoms with E-state index in [0.717, 1.165) is 24.4 Å². The molecule has 2 atom stereocenters. The number of fused-ring (bicyclic) bond motifs is 1. The molecule has 0 aromatic heterocycles. The number of nitrogens with zero attached hydrogens (tertiary/aromatic N) is 2. The fraction of sp³-hybridized carbons (Fsp3) is 0.385. The minimum Gasteiger partial charge on any atom is -0.507 e. The standard InChI is InChI=1S/C26H29FN2O4/c1-4-28(5-2)12-13-29-23(17-6-9-20(27)10-7-17)22(25(31)26(29)32)24(30)18-8-11-21-19(15-18)14-16(3)33-21/h6-11,15-16,23,30H,4-5,12-14H2,1-3H3/t16-,23-/m1/s1. The first-order chi connectivity index (χ1) is 15.8. The van der Waals surface area contributed by atoms with Gasteiger partial charge in [-0.25, -0.2) is 4.39 Å². The third-order valence-corrected chi connectivity index (χ3v) is 6.45. The van der Waals surface area contributed by atoms with E-state index in [1.165, 1.54) is 17.0 Å². The van der Waals surface area contributed by atoms with Crippen molar-refractivity contribution in [3.05, 3.63) is 70.5 Å². The molecule has 1 fully saturated rings. The molecule has 1 saturated heterocycles. The lowest BCUT2D eigenvalue weighted by Crippen LogP contribution is -2.38. The fourth-order valence-electron chi connectivity index (χ4n) is 4.62. The Bertz CT molecular complexity index is 1090. The van der Waals surface area contributed by atoms with Crippen LogP contribution in [0.1, 0.15) is 43.5 Å². The Morgan fingerprint density at radius 1 is 1.15 bits per heavy atom. The maximum atomic E-state index is 13.6. The highest BCUT2D eigenvalue weighted by Crippen LogP contribution is 2.40. The zero-order chi connectivity index (χ0) is 23.7. The molecule has 2 aliphatic heterocycles. The van der Waals surface area contributed by atoms with Crippen molar-refractivity contribution < 1.29 is 23.8 Å². The average Bonchev–Trinajstić information content (AvgIpc) is 3.30. The van der Waals surface area contributed by atoms with E-state index < -0.39 is 23.5 Å². The maximum Gasteiger partial charge on any atom is 0.295 e. The summed E-state index contributed by atoms with van der Waals surface area (Å²) in [5.74, 6) is -1.27. The van der Waals surface area contributed by atoms with Gasteiger partial charge in [0.1, 0.15) is 23.4 Å². The topological polar surface area (TPSA) is 70.1 Å². The van der Waals surface area contributed by atoms with Gasteiger partial charge in [-0.05, 0) is 61.5 Å². The first kappa shape index (κ1) is 23.0. The summed E-state index contributed by atoms with van der Waals surface area (Å²) < 4.78 is 19.4. The van der Waals surface area contributed by atoms with Crippen LogP contribution in [-0.2, 0) is 16.0 Å². The number of ketones is 1. The normalized spacial score (nSPS) is 21.5. The molecule has 1 amide bonds. The van der Waals surface area contributed by atoms with Crippen LogP contribution in [0, 0.1) is 5.82 Å². The first-order valence-corrected chi connectivity index (χ1v) is 11.4. The Kier molecular flexibility index (Phi) is 6.51. The van der Waals surface area contributed by atoms with Crippen molar-refractivity contribution in [2.45, 2.75) is 39.3 Å². The maximum absolute atomic E-state index is 13.6. The van der Waals surface area contributed by atoms with Crippen molar-refractivity contribution in [3.63, 3.8) is 0 Å². The van der Waals surface area contributed by atoms with Gasteiger partial charge in [0, 0.05) is 25.1 Å². The van der Waals surface area contributed by atoms with Crippen molar-refractivity contribution in [2.24, 2.45) is 0 Å². The molecule has 2 aliphatic rings. The zero-order valence-electron chi connectivity index (χ0n) is 19.2. The van der Waals surface area contributed by atoms with Crippen LogP contribution in [0.5, 0.6) is 5.75 Å². The van der Waals surface area contributed by atoms with Crippen molar-refractivity contribution in [2.75, 3.05) is 26.2 Å². The number of rotatable bonds is 7. The highest BCUT2D eigenvalue weighted by Gasteiger charge is 2.46. The largest absolute Gasteiger partial charge is 0.507 e. The van der Waals surface area contributed by atoms with E-state index in [-0.39, 0.29) is 17.4 Å². The third-order valence-electron chi connectivity index (χ3n) is 6.45. The van der Waals surface area contributed by atoms with Gasteiger partial charge in [0.25, 0.3) is 11.7 Å². The van der Waals surface area contributed by atoms with E-state index in [1.54, 1.807) is 30.3 Å². The molecule has 0 unspecified atom stereocenters. The lowest BCUT2D eigenvalue weighted by Gasteiger charge is -2.28. The minimum absolute atomic E-state index is 0.0260. The molecule has 2 heterocycles. The third kappa shape index (κ3) is 4.37. The number of likely N-dealkylation sites (tertiary alicyclic amines) is 1. The second-order valence-electron chi connectivity index (χ2n) is 8.53. The van der Waals surface area contributed by atoms with E-state index >= 15 is 0 Å². The lowest BCUT2D eigenvalue weighted by atomic mass is 9.94. The predicted molar refractivity (Wildman–Crippen MR) is 123 cm³/mol. The number of hydrogen-bond acceptors (Lipinski definition) is 5. The van der Waals surface area contributed by atoms with Gasteiger partial charge >= 0.3 is 0 Å². The number of carbonyl (C=O) groups is 2. The number of likely N-dealkylation sites (N-methyl/N-ethyl adjacent to an activating group) is 1. The van der Waals surface area contributed by atoms with Gasteiger partial charge in [-0.3, -0.25) is 9.59 Å². The number of benzene rings is 2. The summed E-state index contributed by atoms with van der Waals surface area (Å²) in [6.07, 6.45) is 0.748. The van der Waals surface area contributed by atoms with E-state index in [9.17, 15) is 19.1 Å². The van der Waals surface area contributed by atoms with Crippen LogP contribution in [0.15, 0.2) is 48.0 Å². The highest BCUT2D eigenvalue weighted by molar-refractivity contribution is 6.46. The van der Waals surface area contributed by atoms with Gasteiger partial charge in [-0.1, -0.05) is 26.0 Å². The number of amides is 1. The quantitative estimate of drug-likeness (QED) is 0.392. The van der Waals surface area contributed by atoms with Crippen molar-refractivity contribution in [3.8, 4) is 5.75 Å². The fourth-order valence-corrected chi connectivity index (χ4v) is 4.62. The summed E-state index contributed by atoms with van der Waals surface area (Å²) in [6, 6.07) is 10.2. The van der Waals surface area contributed by atoms with Crippen molar-refractivity contribution >= 4 is 17.4 Å². The summed E-state index contributed by atoms with van der Waals surface area (Å²) in [5, 5.41) is 11.2. The highest BCUT2D eigenvalue weighted by atomic mass is 19.1. The Balaban J connectivity index is 1.77. The molecule has 0 saturated carbocycles. The second kappa shape index (κ2) is 9.35. The Morgan fingerprint density at radius 3 is 2.52 bits per heavy atom. The Hall–Kier alpha value is -3.19. The monoisotopic (exact) mass is 452 g/mol. The number of carbonyl (C=O) groups excluding carboxylic acids is 2. The lowest BCUT2D eigenvalue weighted by molar-refractivity contribution is -0.140. The molecule has 2 aromatic carbocycles. The van der Waals surface area contributed by atoms with Crippen LogP contribution in [0.2, 0.25) is 0 Å². The molecule has 6 nitrogen and oxygen atoms in total. The average molecular weight is 453 g/mol. The van der Waals surface area contributed by atoms with Gasteiger partial charge in [0.15, 0.2) is 0 Å². The molecular weight excluding hydrogens is 423 g/mol. The molecular formula is C26H29FN2O4. The molecule has 2 aromatic rings. The van der Waals surface area contributed by atoms with Crippen LogP contribution >= 0.6 is 0 Å². The molecule has 0 bridgehead atoms. The van der Waals surface area contributed by atoms with Crippen molar-refractivity contribution in [1.82, 2.24) is 9.80 Å². The number of halogens is 1. The number of ether oxygens (including phenoxy) is 1. The summed E-state index contributed by atoms with van der Waals surface area (Å²) >= 11 is 0. The number of aliphatic hydroxyl groups is 1. The SMILES string of the molecule is CCN(CC)CCN1C(=O)C(=O)C(=C(O)c2ccc3c(c2)C[C@@H](C)O3)[C@H]1c1ccc(F)cc1. The molecule has 33 heavy (non-hydrogen) atoms. The molecule has 7 heteroatoms.